The van der Waals surface area contributed by atoms with Crippen LogP contribution >= 0.6 is 12.4 Å². The molecule has 0 aromatic heterocycles. The van der Waals surface area contributed by atoms with Gasteiger partial charge in [0.05, 0.1) is 5.92 Å². The van der Waals surface area contributed by atoms with Crippen LogP contribution in [0.3, 0.4) is 0 Å². The molecule has 110 valence electrons. The third kappa shape index (κ3) is 3.98. The van der Waals surface area contributed by atoms with Crippen LogP contribution in [0.1, 0.15) is 13.3 Å². The lowest BCUT2D eigenvalue weighted by Crippen LogP contribution is -2.54. The third-order valence-electron chi connectivity index (χ3n) is 3.62. The predicted octanol–water partition coefficient (Wildman–Crippen LogP) is -0.109. The number of halogens is 1. The summed E-state index contributed by atoms with van der Waals surface area (Å²) in [5, 5.41) is 6.00. The normalized spacial score (nSPS) is 22.9. The van der Waals surface area contributed by atoms with Crippen LogP contribution in [-0.4, -0.2) is 67.6 Å². The summed E-state index contributed by atoms with van der Waals surface area (Å²) in [7, 11) is 0. The van der Waals surface area contributed by atoms with E-state index in [0.717, 1.165) is 19.5 Å². The van der Waals surface area contributed by atoms with Crippen LogP contribution in [0.15, 0.2) is 0 Å². The number of carbonyl (C=O) groups is 2. The number of amides is 3. The van der Waals surface area contributed by atoms with Crippen molar-refractivity contribution in [1.82, 2.24) is 20.4 Å². The Morgan fingerprint density at radius 2 is 1.84 bits per heavy atom. The van der Waals surface area contributed by atoms with Gasteiger partial charge >= 0.3 is 6.03 Å². The van der Waals surface area contributed by atoms with E-state index in [4.69, 9.17) is 0 Å². The molecule has 0 radical (unpaired) electrons. The van der Waals surface area contributed by atoms with Crippen LogP contribution in [-0.2, 0) is 4.79 Å². The van der Waals surface area contributed by atoms with Gasteiger partial charge in [0.2, 0.25) is 5.91 Å². The summed E-state index contributed by atoms with van der Waals surface area (Å²) in [4.78, 5) is 27.5. The SMILES string of the molecule is CCNC(=O)N1CCN(C(=O)C2CCNC2)CC1.Cl. The number of piperazine rings is 1. The van der Waals surface area contributed by atoms with Crippen molar-refractivity contribution >= 4 is 24.3 Å². The highest BCUT2D eigenvalue weighted by Gasteiger charge is 2.30. The lowest BCUT2D eigenvalue weighted by Gasteiger charge is -2.35. The van der Waals surface area contributed by atoms with Crippen LogP contribution in [0.2, 0.25) is 0 Å². The molecule has 6 nitrogen and oxygen atoms in total. The Kier molecular flexibility index (Phi) is 6.37. The summed E-state index contributed by atoms with van der Waals surface area (Å²) in [5.41, 5.74) is 0. The molecule has 2 aliphatic rings. The smallest absolute Gasteiger partial charge is 0.317 e. The fourth-order valence-electron chi connectivity index (χ4n) is 2.52. The second kappa shape index (κ2) is 7.55. The molecule has 7 heteroatoms. The first kappa shape index (κ1) is 16.0. The molecule has 0 aliphatic carbocycles. The van der Waals surface area contributed by atoms with Crippen LogP contribution in [0.5, 0.6) is 0 Å². The second-order valence-electron chi connectivity index (χ2n) is 4.84. The van der Waals surface area contributed by atoms with E-state index < -0.39 is 0 Å². The van der Waals surface area contributed by atoms with Crippen molar-refractivity contribution in [3.05, 3.63) is 0 Å². The number of urea groups is 1. The van der Waals surface area contributed by atoms with Gasteiger partial charge in [-0.3, -0.25) is 4.79 Å². The first-order valence-corrected chi connectivity index (χ1v) is 6.74. The maximum absolute atomic E-state index is 12.2. The Balaban J connectivity index is 0.00000180. The Hall–Kier alpha value is -1.01. The van der Waals surface area contributed by atoms with Crippen molar-refractivity contribution in [2.75, 3.05) is 45.8 Å². The molecular formula is C12H23ClN4O2. The molecule has 2 N–H and O–H groups in total. The minimum atomic E-state index is -0.0212. The van der Waals surface area contributed by atoms with E-state index in [0.29, 0.717) is 32.7 Å². The molecule has 0 bridgehead atoms. The molecule has 2 fully saturated rings. The second-order valence-corrected chi connectivity index (χ2v) is 4.84. The minimum Gasteiger partial charge on any atom is -0.339 e. The van der Waals surface area contributed by atoms with E-state index in [-0.39, 0.29) is 30.3 Å². The molecule has 0 saturated carbocycles. The van der Waals surface area contributed by atoms with Gasteiger partial charge in [-0.25, -0.2) is 4.79 Å². The highest BCUT2D eigenvalue weighted by molar-refractivity contribution is 5.85. The van der Waals surface area contributed by atoms with E-state index in [9.17, 15) is 9.59 Å². The van der Waals surface area contributed by atoms with Crippen molar-refractivity contribution in [3.8, 4) is 0 Å². The Bertz CT molecular complexity index is 313. The minimum absolute atomic E-state index is 0. The van der Waals surface area contributed by atoms with E-state index in [1.807, 2.05) is 11.8 Å². The first-order chi connectivity index (χ1) is 8.72. The molecule has 0 aromatic carbocycles. The number of rotatable bonds is 2. The molecule has 1 atom stereocenters. The average molecular weight is 291 g/mol. The zero-order valence-corrected chi connectivity index (χ0v) is 12.2. The maximum Gasteiger partial charge on any atom is 0.317 e. The van der Waals surface area contributed by atoms with Gasteiger partial charge in [-0.15, -0.1) is 12.4 Å². The summed E-state index contributed by atoms with van der Waals surface area (Å²) >= 11 is 0. The molecule has 1 unspecified atom stereocenters. The fraction of sp³-hybridized carbons (Fsp3) is 0.833. The van der Waals surface area contributed by atoms with E-state index in [2.05, 4.69) is 10.6 Å². The number of carbonyl (C=O) groups excluding carboxylic acids is 2. The highest BCUT2D eigenvalue weighted by atomic mass is 35.5. The standard InChI is InChI=1S/C12H22N4O2.ClH/c1-2-14-12(18)16-7-5-15(6-8-16)11(17)10-3-4-13-9-10;/h10,13H,2-9H2,1H3,(H,14,18);1H. The molecule has 19 heavy (non-hydrogen) atoms. The van der Waals surface area contributed by atoms with Crippen molar-refractivity contribution in [2.24, 2.45) is 5.92 Å². The van der Waals surface area contributed by atoms with Gasteiger partial charge in [0.1, 0.15) is 0 Å². The summed E-state index contributed by atoms with van der Waals surface area (Å²) in [6, 6.07) is -0.0212. The van der Waals surface area contributed by atoms with Gasteiger partial charge in [0.15, 0.2) is 0 Å². The largest absolute Gasteiger partial charge is 0.339 e. The van der Waals surface area contributed by atoms with Crippen molar-refractivity contribution in [1.29, 1.82) is 0 Å². The van der Waals surface area contributed by atoms with Crippen LogP contribution in [0.25, 0.3) is 0 Å². The Morgan fingerprint density at radius 1 is 1.21 bits per heavy atom. The third-order valence-corrected chi connectivity index (χ3v) is 3.62. The quantitative estimate of drug-likeness (QED) is 0.746. The van der Waals surface area contributed by atoms with Crippen molar-refractivity contribution in [3.63, 3.8) is 0 Å². The van der Waals surface area contributed by atoms with E-state index >= 15 is 0 Å². The molecule has 2 aliphatic heterocycles. The van der Waals surface area contributed by atoms with E-state index in [1.165, 1.54) is 0 Å². The molecule has 2 heterocycles. The Morgan fingerprint density at radius 3 is 2.37 bits per heavy atom. The van der Waals surface area contributed by atoms with Crippen LogP contribution in [0.4, 0.5) is 4.79 Å². The molecule has 3 amide bonds. The summed E-state index contributed by atoms with van der Waals surface area (Å²) < 4.78 is 0. The van der Waals surface area contributed by atoms with Gasteiger partial charge < -0.3 is 20.4 Å². The number of hydrogen-bond donors (Lipinski definition) is 2. The van der Waals surface area contributed by atoms with Gasteiger partial charge in [-0.1, -0.05) is 0 Å². The van der Waals surface area contributed by atoms with Crippen LogP contribution in [0, 0.1) is 5.92 Å². The summed E-state index contributed by atoms with van der Waals surface area (Å²) in [5.74, 6) is 0.386. The zero-order valence-electron chi connectivity index (χ0n) is 11.4. The predicted molar refractivity (Wildman–Crippen MR) is 75.5 cm³/mol. The van der Waals surface area contributed by atoms with Crippen molar-refractivity contribution in [2.45, 2.75) is 13.3 Å². The summed E-state index contributed by atoms with van der Waals surface area (Å²) in [6.07, 6.45) is 0.940. The first-order valence-electron chi connectivity index (χ1n) is 6.74. The monoisotopic (exact) mass is 290 g/mol. The molecule has 0 spiro atoms. The molecular weight excluding hydrogens is 268 g/mol. The highest BCUT2D eigenvalue weighted by Crippen LogP contribution is 2.13. The topological polar surface area (TPSA) is 64.7 Å². The summed E-state index contributed by atoms with van der Waals surface area (Å²) in [6.45, 7) is 6.88. The van der Waals surface area contributed by atoms with Gasteiger partial charge in [0.25, 0.3) is 0 Å². The number of nitrogens with one attached hydrogen (secondary N) is 2. The van der Waals surface area contributed by atoms with Gasteiger partial charge in [0, 0.05) is 39.3 Å². The average Bonchev–Trinajstić information content (AvgIpc) is 2.92. The Labute approximate surface area is 120 Å². The molecule has 2 rings (SSSR count). The number of hydrogen-bond acceptors (Lipinski definition) is 3. The van der Waals surface area contributed by atoms with Crippen molar-refractivity contribution < 1.29 is 9.59 Å². The zero-order chi connectivity index (χ0) is 13.0. The van der Waals surface area contributed by atoms with Gasteiger partial charge in [-0.2, -0.15) is 0 Å². The molecule has 0 aromatic rings. The maximum atomic E-state index is 12.2. The lowest BCUT2D eigenvalue weighted by molar-refractivity contribution is -0.136. The van der Waals surface area contributed by atoms with E-state index in [1.54, 1.807) is 4.90 Å². The lowest BCUT2D eigenvalue weighted by atomic mass is 10.1. The molecule has 2 saturated heterocycles. The van der Waals surface area contributed by atoms with Gasteiger partial charge in [-0.05, 0) is 19.9 Å². The number of nitrogens with zero attached hydrogens (tertiary/aromatic N) is 2. The van der Waals surface area contributed by atoms with Crippen LogP contribution < -0.4 is 10.6 Å². The fourth-order valence-corrected chi connectivity index (χ4v) is 2.52.